The topological polar surface area (TPSA) is 254 Å². The SMILES string of the molecule is N.O.O.O=C(O)CN(CCN(CC(=O)O)CC(=O)O)CC(=O)O.[Fe]. The van der Waals surface area contributed by atoms with Gasteiger partial charge in [0.15, 0.2) is 0 Å². The first-order valence-corrected chi connectivity index (χ1v) is 5.52. The molecule has 0 bridgehead atoms. The van der Waals surface area contributed by atoms with Gasteiger partial charge in [-0.1, -0.05) is 0 Å². The Bertz CT molecular complexity index is 327. The Balaban J connectivity index is -0.000000301. The molecule has 0 amide bonds. The van der Waals surface area contributed by atoms with E-state index in [0.717, 1.165) is 9.80 Å². The van der Waals surface area contributed by atoms with E-state index in [9.17, 15) is 19.2 Å². The molecule has 14 heteroatoms. The minimum atomic E-state index is -1.23. The smallest absolute Gasteiger partial charge is 0.317 e. The van der Waals surface area contributed by atoms with Gasteiger partial charge < -0.3 is 37.5 Å². The summed E-state index contributed by atoms with van der Waals surface area (Å²) in [4.78, 5) is 44.4. The Labute approximate surface area is 147 Å². The third-order valence-corrected chi connectivity index (χ3v) is 2.17. The molecule has 0 radical (unpaired) electrons. The van der Waals surface area contributed by atoms with Crippen molar-refractivity contribution < 1.29 is 67.6 Å². The number of carbonyl (C=O) groups is 4. The molecular formula is C10H23FeN3O10. The zero-order valence-electron chi connectivity index (χ0n) is 12.6. The molecule has 13 nitrogen and oxygen atoms in total. The molecule has 24 heavy (non-hydrogen) atoms. The zero-order valence-corrected chi connectivity index (χ0v) is 13.7. The van der Waals surface area contributed by atoms with Gasteiger partial charge in [-0.2, -0.15) is 0 Å². The Hall–Kier alpha value is -1.80. The summed E-state index contributed by atoms with van der Waals surface area (Å²) in [5.41, 5.74) is 0. The monoisotopic (exact) mass is 401 g/mol. The van der Waals surface area contributed by atoms with Crippen molar-refractivity contribution >= 4 is 23.9 Å². The Kier molecular flexibility index (Phi) is 24.7. The van der Waals surface area contributed by atoms with Crippen LogP contribution in [0.2, 0.25) is 0 Å². The van der Waals surface area contributed by atoms with Crippen molar-refractivity contribution in [1.82, 2.24) is 16.0 Å². The minimum absolute atomic E-state index is 0. The fourth-order valence-electron chi connectivity index (χ4n) is 1.48. The maximum absolute atomic E-state index is 10.6. The molecule has 0 aromatic carbocycles. The number of carboxylic acid groups (broad SMARTS) is 4. The quantitative estimate of drug-likeness (QED) is 0.212. The second-order valence-electron chi connectivity index (χ2n) is 4.00. The van der Waals surface area contributed by atoms with E-state index in [-0.39, 0.29) is 47.3 Å². The van der Waals surface area contributed by atoms with Gasteiger partial charge in [-0.25, -0.2) is 0 Å². The van der Waals surface area contributed by atoms with Gasteiger partial charge in [0.1, 0.15) is 0 Å². The van der Waals surface area contributed by atoms with Crippen LogP contribution in [0.5, 0.6) is 0 Å². The third-order valence-electron chi connectivity index (χ3n) is 2.17. The number of rotatable bonds is 11. The van der Waals surface area contributed by atoms with Gasteiger partial charge in [0.05, 0.1) is 26.2 Å². The Morgan fingerprint density at radius 3 is 0.875 bits per heavy atom. The van der Waals surface area contributed by atoms with Gasteiger partial charge in [0.25, 0.3) is 0 Å². The van der Waals surface area contributed by atoms with Crippen LogP contribution in [0.25, 0.3) is 0 Å². The Morgan fingerprint density at radius 1 is 0.583 bits per heavy atom. The molecule has 0 aromatic heterocycles. The normalized spacial score (nSPS) is 8.92. The molecule has 146 valence electrons. The first-order valence-electron chi connectivity index (χ1n) is 5.52. The van der Waals surface area contributed by atoms with Gasteiger partial charge in [0.2, 0.25) is 0 Å². The standard InChI is InChI=1S/C10H16N2O8.Fe.H3N.2H2O/c13-7(14)3-11(4-8(15)16)1-2-12(5-9(17)18)6-10(19)20;;;;/h1-6H2,(H,13,14)(H,15,16)(H,17,18)(H,19,20);;1H3;2*1H2. The molecule has 0 aliphatic heterocycles. The van der Waals surface area contributed by atoms with Crippen molar-refractivity contribution in [1.29, 1.82) is 0 Å². The molecule has 0 fully saturated rings. The Morgan fingerprint density at radius 2 is 0.750 bits per heavy atom. The molecule has 0 aliphatic rings. The zero-order chi connectivity index (χ0) is 15.7. The molecule has 0 saturated carbocycles. The average molecular weight is 401 g/mol. The summed E-state index contributed by atoms with van der Waals surface area (Å²) in [6.07, 6.45) is 0. The molecule has 0 unspecified atom stereocenters. The van der Waals surface area contributed by atoms with Crippen LogP contribution in [0.1, 0.15) is 0 Å². The number of carboxylic acids is 4. The van der Waals surface area contributed by atoms with Crippen molar-refractivity contribution in [3.63, 3.8) is 0 Å². The van der Waals surface area contributed by atoms with Crippen LogP contribution in [-0.4, -0.2) is 104 Å². The molecule has 11 N–H and O–H groups in total. The van der Waals surface area contributed by atoms with Gasteiger partial charge >= 0.3 is 23.9 Å². The summed E-state index contributed by atoms with van der Waals surface area (Å²) >= 11 is 0. The molecule has 0 atom stereocenters. The fourth-order valence-corrected chi connectivity index (χ4v) is 1.48. The summed E-state index contributed by atoms with van der Waals surface area (Å²) < 4.78 is 0. The minimum Gasteiger partial charge on any atom is -0.480 e. The van der Waals surface area contributed by atoms with Crippen molar-refractivity contribution in [2.24, 2.45) is 0 Å². The number of hydrogen-bond donors (Lipinski definition) is 5. The van der Waals surface area contributed by atoms with Crippen LogP contribution >= 0.6 is 0 Å². The van der Waals surface area contributed by atoms with Gasteiger partial charge in [-0.05, 0) is 0 Å². The molecule has 0 aromatic rings. The molecule has 0 aliphatic carbocycles. The second kappa shape index (κ2) is 17.6. The second-order valence-corrected chi connectivity index (χ2v) is 4.00. The predicted molar refractivity (Wildman–Crippen MR) is 75.7 cm³/mol. The molecule has 0 rings (SSSR count). The third kappa shape index (κ3) is 20.2. The molecule has 0 saturated heterocycles. The van der Waals surface area contributed by atoms with Crippen LogP contribution in [0, 0.1) is 0 Å². The van der Waals surface area contributed by atoms with Crippen molar-refractivity contribution in [3.05, 3.63) is 0 Å². The number of nitrogens with zero attached hydrogens (tertiary/aromatic N) is 2. The van der Waals surface area contributed by atoms with E-state index in [1.807, 2.05) is 0 Å². The van der Waals surface area contributed by atoms with Crippen LogP contribution in [-0.2, 0) is 36.2 Å². The summed E-state index contributed by atoms with van der Waals surface area (Å²) in [6, 6.07) is 0. The van der Waals surface area contributed by atoms with Gasteiger partial charge in [0, 0.05) is 30.2 Å². The van der Waals surface area contributed by atoms with Crippen molar-refractivity contribution in [2.75, 3.05) is 39.3 Å². The number of aliphatic carboxylic acids is 4. The summed E-state index contributed by atoms with van der Waals surface area (Å²) in [5, 5.41) is 34.5. The molecule has 0 spiro atoms. The summed E-state index contributed by atoms with van der Waals surface area (Å²) in [7, 11) is 0. The summed E-state index contributed by atoms with van der Waals surface area (Å²) in [6.45, 7) is -2.25. The van der Waals surface area contributed by atoms with Crippen LogP contribution in [0.15, 0.2) is 0 Å². The predicted octanol–water partition coefficient (Wildman–Crippen LogP) is -3.56. The van der Waals surface area contributed by atoms with E-state index < -0.39 is 50.1 Å². The average Bonchev–Trinajstić information content (AvgIpc) is 2.22. The van der Waals surface area contributed by atoms with E-state index in [0.29, 0.717) is 0 Å². The first-order chi connectivity index (χ1) is 9.20. The van der Waals surface area contributed by atoms with Crippen molar-refractivity contribution in [3.8, 4) is 0 Å². The van der Waals surface area contributed by atoms with E-state index in [4.69, 9.17) is 20.4 Å². The van der Waals surface area contributed by atoms with E-state index >= 15 is 0 Å². The van der Waals surface area contributed by atoms with Gasteiger partial charge in [-0.3, -0.25) is 29.0 Å². The fraction of sp³-hybridized carbons (Fsp3) is 0.600. The van der Waals surface area contributed by atoms with Crippen LogP contribution < -0.4 is 6.15 Å². The molecular weight excluding hydrogens is 378 g/mol. The van der Waals surface area contributed by atoms with Crippen LogP contribution in [0.3, 0.4) is 0 Å². The number of hydrogen-bond acceptors (Lipinski definition) is 7. The van der Waals surface area contributed by atoms with Gasteiger partial charge in [-0.15, -0.1) is 0 Å². The van der Waals surface area contributed by atoms with Crippen molar-refractivity contribution in [2.45, 2.75) is 0 Å². The largest absolute Gasteiger partial charge is 0.480 e. The first kappa shape index (κ1) is 33.7. The molecule has 0 heterocycles. The maximum Gasteiger partial charge on any atom is 0.317 e. The summed E-state index contributed by atoms with van der Waals surface area (Å²) in [5.74, 6) is -4.91. The maximum atomic E-state index is 10.6. The van der Waals surface area contributed by atoms with E-state index in [2.05, 4.69) is 0 Å². The van der Waals surface area contributed by atoms with E-state index in [1.54, 1.807) is 0 Å². The van der Waals surface area contributed by atoms with Crippen LogP contribution in [0.4, 0.5) is 0 Å². The van der Waals surface area contributed by atoms with E-state index in [1.165, 1.54) is 0 Å².